The first-order valence-corrected chi connectivity index (χ1v) is 22.1. The summed E-state index contributed by atoms with van der Waals surface area (Å²) in [6, 6.07) is -0.818. The standard InChI is InChI=1S/C43H79N2O6P/c1-6-8-10-12-14-16-18-19-20-21-22-23-24-25-27-29-31-33-35-37-43(47)44-41(40-51-52(48,49)50-39-38-45(3,4)5)42(46)36-34-32-30-28-26-17-15-13-11-9-7-2/h8,10,14,16,19-20,22-23,25,27,41-42,46H,6-7,9,11-13,15,17-18,21,24,26,28-40H2,1-5H3,(H-,44,47,48,49)/b10-8-,16-14-,20-19-,23-22-,27-25-. The number of carbonyl (C=O) groups is 1. The van der Waals surface area contributed by atoms with Gasteiger partial charge >= 0.3 is 0 Å². The van der Waals surface area contributed by atoms with Crippen LogP contribution in [-0.4, -0.2) is 68.5 Å². The molecule has 0 aromatic heterocycles. The molecule has 8 nitrogen and oxygen atoms in total. The molecule has 0 aromatic carbocycles. The van der Waals surface area contributed by atoms with Gasteiger partial charge in [-0.2, -0.15) is 0 Å². The number of unbranched alkanes of at least 4 members (excludes halogenated alkanes) is 13. The van der Waals surface area contributed by atoms with E-state index in [1.165, 1.54) is 51.4 Å². The van der Waals surface area contributed by atoms with Crippen molar-refractivity contribution in [3.8, 4) is 0 Å². The fourth-order valence-electron chi connectivity index (χ4n) is 5.48. The van der Waals surface area contributed by atoms with Gasteiger partial charge in [0.2, 0.25) is 5.91 Å². The summed E-state index contributed by atoms with van der Waals surface area (Å²) >= 11 is 0. The Labute approximate surface area is 320 Å². The van der Waals surface area contributed by atoms with Gasteiger partial charge in [-0.25, -0.2) is 0 Å². The molecule has 0 rings (SSSR count). The maximum Gasteiger partial charge on any atom is 0.268 e. The van der Waals surface area contributed by atoms with Crippen molar-refractivity contribution >= 4 is 13.7 Å². The van der Waals surface area contributed by atoms with E-state index in [9.17, 15) is 19.4 Å². The van der Waals surface area contributed by atoms with Gasteiger partial charge < -0.3 is 28.8 Å². The van der Waals surface area contributed by atoms with Crippen LogP contribution < -0.4 is 10.2 Å². The minimum absolute atomic E-state index is 0.00220. The number of nitrogens with zero attached hydrogens (tertiary/aromatic N) is 1. The number of quaternary nitrogens is 1. The Hall–Kier alpha value is -1.80. The number of likely N-dealkylation sites (N-methyl/N-ethyl adjacent to an activating group) is 1. The number of rotatable bonds is 36. The topological polar surface area (TPSA) is 108 Å². The number of hydrogen-bond donors (Lipinski definition) is 2. The first-order chi connectivity index (χ1) is 25.0. The molecule has 0 saturated heterocycles. The van der Waals surface area contributed by atoms with Crippen LogP contribution in [-0.2, 0) is 18.4 Å². The Morgan fingerprint density at radius 2 is 1.17 bits per heavy atom. The second-order valence-electron chi connectivity index (χ2n) is 15.0. The molecule has 0 aliphatic heterocycles. The molecule has 1 amide bonds. The lowest BCUT2D eigenvalue weighted by atomic mass is 10.0. The monoisotopic (exact) mass is 751 g/mol. The van der Waals surface area contributed by atoms with Crippen molar-refractivity contribution in [2.75, 3.05) is 40.9 Å². The van der Waals surface area contributed by atoms with E-state index in [4.69, 9.17) is 9.05 Å². The van der Waals surface area contributed by atoms with E-state index in [1.54, 1.807) is 0 Å². The van der Waals surface area contributed by atoms with Crippen molar-refractivity contribution in [2.24, 2.45) is 0 Å². The van der Waals surface area contributed by atoms with Crippen LogP contribution >= 0.6 is 7.82 Å². The highest BCUT2D eigenvalue weighted by Gasteiger charge is 2.24. The summed E-state index contributed by atoms with van der Waals surface area (Å²) in [5.41, 5.74) is 0. The smallest absolute Gasteiger partial charge is 0.268 e. The summed E-state index contributed by atoms with van der Waals surface area (Å²) in [5, 5.41) is 13.8. The van der Waals surface area contributed by atoms with Gasteiger partial charge in [-0.15, -0.1) is 0 Å². The van der Waals surface area contributed by atoms with Gasteiger partial charge in [-0.3, -0.25) is 9.36 Å². The highest BCUT2D eigenvalue weighted by Crippen LogP contribution is 2.38. The third kappa shape index (κ3) is 36.6. The van der Waals surface area contributed by atoms with Crippen LogP contribution in [0.1, 0.15) is 155 Å². The molecule has 0 radical (unpaired) electrons. The van der Waals surface area contributed by atoms with E-state index in [0.717, 1.165) is 77.0 Å². The quantitative estimate of drug-likeness (QED) is 0.0286. The molecule has 0 bridgehead atoms. The summed E-state index contributed by atoms with van der Waals surface area (Å²) in [7, 11) is 1.27. The summed E-state index contributed by atoms with van der Waals surface area (Å²) in [6.45, 7) is 4.54. The van der Waals surface area contributed by atoms with Gasteiger partial charge in [0.25, 0.3) is 7.82 Å². The fraction of sp³-hybridized carbons (Fsp3) is 0.744. The van der Waals surface area contributed by atoms with E-state index in [1.807, 2.05) is 21.1 Å². The molecule has 52 heavy (non-hydrogen) atoms. The van der Waals surface area contributed by atoms with E-state index >= 15 is 0 Å². The average Bonchev–Trinajstić information content (AvgIpc) is 3.09. The number of carbonyl (C=O) groups excluding carboxylic acids is 1. The lowest BCUT2D eigenvalue weighted by molar-refractivity contribution is -0.870. The molecule has 3 unspecified atom stereocenters. The zero-order valence-electron chi connectivity index (χ0n) is 34.0. The summed E-state index contributed by atoms with van der Waals surface area (Å²) in [5.74, 6) is -0.201. The minimum Gasteiger partial charge on any atom is -0.756 e. The Balaban J connectivity index is 4.47. The predicted octanol–water partition coefficient (Wildman–Crippen LogP) is 10.4. The van der Waals surface area contributed by atoms with Gasteiger partial charge in [-0.05, 0) is 57.8 Å². The summed E-state index contributed by atoms with van der Waals surface area (Å²) in [4.78, 5) is 25.2. The fourth-order valence-corrected chi connectivity index (χ4v) is 6.20. The molecule has 0 spiro atoms. The number of amides is 1. The molecule has 3 atom stereocenters. The number of aliphatic hydroxyl groups excluding tert-OH is 1. The normalized spacial score (nSPS) is 15.1. The Bertz CT molecular complexity index is 1030. The van der Waals surface area contributed by atoms with Crippen LogP contribution in [0, 0.1) is 0 Å². The van der Waals surface area contributed by atoms with Gasteiger partial charge in [0.15, 0.2) is 0 Å². The van der Waals surface area contributed by atoms with E-state index in [-0.39, 0.29) is 19.1 Å². The second kappa shape index (κ2) is 34.9. The maximum absolute atomic E-state index is 12.8. The van der Waals surface area contributed by atoms with Crippen LogP contribution in [0.5, 0.6) is 0 Å². The van der Waals surface area contributed by atoms with Gasteiger partial charge in [0, 0.05) is 6.42 Å². The summed E-state index contributed by atoms with van der Waals surface area (Å²) < 4.78 is 23.2. The van der Waals surface area contributed by atoms with Crippen LogP contribution in [0.25, 0.3) is 0 Å². The SMILES string of the molecule is CC/C=C\C/C=C\C/C=C\C/C=C\C/C=C\CCCCCC(=O)NC(COP(=O)([O-])OCC[N+](C)(C)C)C(O)CCCCCCCCCCCCC. The number of nitrogens with one attached hydrogen (secondary N) is 1. The molecule has 0 fully saturated rings. The van der Waals surface area contributed by atoms with Crippen molar-refractivity contribution in [1.29, 1.82) is 0 Å². The summed E-state index contributed by atoms with van der Waals surface area (Å²) in [6.07, 6.45) is 43.6. The number of phosphoric acid groups is 1. The van der Waals surface area contributed by atoms with E-state index < -0.39 is 20.0 Å². The Morgan fingerprint density at radius 1 is 0.692 bits per heavy atom. The van der Waals surface area contributed by atoms with E-state index in [2.05, 4.69) is 79.9 Å². The minimum atomic E-state index is -4.57. The highest BCUT2D eigenvalue weighted by atomic mass is 31.2. The van der Waals surface area contributed by atoms with Crippen molar-refractivity contribution in [3.05, 3.63) is 60.8 Å². The molecule has 0 aromatic rings. The molecule has 302 valence electrons. The first kappa shape index (κ1) is 50.2. The number of aliphatic hydroxyl groups is 1. The molecule has 0 heterocycles. The van der Waals surface area contributed by atoms with Crippen molar-refractivity contribution in [1.82, 2.24) is 5.32 Å². The molecular formula is C43H79N2O6P. The molecule has 0 aliphatic carbocycles. The lowest BCUT2D eigenvalue weighted by Crippen LogP contribution is -2.46. The van der Waals surface area contributed by atoms with Crippen molar-refractivity contribution in [3.63, 3.8) is 0 Å². The largest absolute Gasteiger partial charge is 0.756 e. The van der Waals surface area contributed by atoms with Gasteiger partial charge in [0.1, 0.15) is 13.2 Å². The van der Waals surface area contributed by atoms with Gasteiger partial charge in [0.05, 0.1) is 39.9 Å². The third-order valence-corrected chi connectivity index (χ3v) is 9.73. The van der Waals surface area contributed by atoms with Crippen LogP contribution in [0.3, 0.4) is 0 Å². The molecule has 9 heteroatoms. The van der Waals surface area contributed by atoms with Gasteiger partial charge in [-0.1, -0.05) is 152 Å². The molecule has 0 aliphatic rings. The van der Waals surface area contributed by atoms with Crippen LogP contribution in [0.4, 0.5) is 0 Å². The van der Waals surface area contributed by atoms with Crippen molar-refractivity contribution < 1.29 is 32.9 Å². The van der Waals surface area contributed by atoms with Crippen LogP contribution in [0.15, 0.2) is 60.8 Å². The predicted molar refractivity (Wildman–Crippen MR) is 219 cm³/mol. The highest BCUT2D eigenvalue weighted by molar-refractivity contribution is 7.45. The third-order valence-electron chi connectivity index (χ3n) is 8.77. The molecule has 0 saturated carbocycles. The zero-order valence-corrected chi connectivity index (χ0v) is 34.9. The van der Waals surface area contributed by atoms with Crippen molar-refractivity contribution in [2.45, 2.75) is 167 Å². The molecule has 2 N–H and O–H groups in total. The maximum atomic E-state index is 12.8. The first-order valence-electron chi connectivity index (χ1n) is 20.6. The Kier molecular flexibility index (Phi) is 33.7. The second-order valence-corrected chi connectivity index (χ2v) is 16.4. The zero-order chi connectivity index (χ0) is 38.6. The Morgan fingerprint density at radius 3 is 1.69 bits per heavy atom. The van der Waals surface area contributed by atoms with Crippen LogP contribution in [0.2, 0.25) is 0 Å². The van der Waals surface area contributed by atoms with E-state index in [0.29, 0.717) is 23.9 Å². The molecular weight excluding hydrogens is 671 g/mol. The number of hydrogen-bond acceptors (Lipinski definition) is 6. The lowest BCUT2D eigenvalue weighted by Gasteiger charge is -2.30. The average molecular weight is 751 g/mol. The number of allylic oxidation sites excluding steroid dienone is 10. The number of phosphoric ester groups is 1.